The predicted octanol–water partition coefficient (Wildman–Crippen LogP) is 1.54. The smallest absolute Gasteiger partial charge is 0.326 e. The van der Waals surface area contributed by atoms with Crippen LogP contribution in [0.1, 0.15) is 47.4 Å². The molecule has 1 saturated heterocycles. The maximum absolute atomic E-state index is 12.4. The van der Waals surface area contributed by atoms with Gasteiger partial charge in [-0.1, -0.05) is 12.8 Å². The summed E-state index contributed by atoms with van der Waals surface area (Å²) >= 11 is 0. The van der Waals surface area contributed by atoms with Gasteiger partial charge in [0.1, 0.15) is 6.54 Å². The topological polar surface area (TPSA) is 85.7 Å². The lowest BCUT2D eigenvalue weighted by Gasteiger charge is -2.19. The van der Waals surface area contributed by atoms with Gasteiger partial charge >= 0.3 is 5.97 Å². The Morgan fingerprint density at radius 2 is 1.69 bits per heavy atom. The van der Waals surface area contributed by atoms with Crippen molar-refractivity contribution in [1.82, 2.24) is 9.47 Å². The van der Waals surface area contributed by atoms with Crippen molar-refractivity contribution in [3.8, 4) is 0 Å². The number of esters is 1. The number of ether oxygens (including phenoxy) is 1. The third kappa shape index (κ3) is 3.18. The minimum absolute atomic E-state index is 0.280. The lowest BCUT2D eigenvalue weighted by atomic mass is 9.81. The molecule has 7 nitrogen and oxygen atoms in total. The van der Waals surface area contributed by atoms with Gasteiger partial charge in [0.2, 0.25) is 17.6 Å². The molecule has 0 N–H and O–H groups in total. The number of carbonyl (C=O) groups excluding carboxylic acids is 4. The van der Waals surface area contributed by atoms with Gasteiger partial charge in [-0.3, -0.25) is 24.1 Å². The van der Waals surface area contributed by atoms with E-state index in [9.17, 15) is 19.2 Å². The number of hydrogen-bond acceptors (Lipinski definition) is 5. The summed E-state index contributed by atoms with van der Waals surface area (Å²) in [6.07, 6.45) is 3.27. The van der Waals surface area contributed by atoms with E-state index in [1.165, 1.54) is 0 Å². The zero-order chi connectivity index (χ0) is 19.0. The maximum Gasteiger partial charge on any atom is 0.326 e. The van der Waals surface area contributed by atoms with Gasteiger partial charge < -0.3 is 9.30 Å². The molecule has 140 valence electrons. The van der Waals surface area contributed by atoms with E-state index >= 15 is 0 Å². The summed E-state index contributed by atoms with van der Waals surface area (Å²) in [5.74, 6) is -2.17. The molecule has 2 atom stereocenters. The summed E-state index contributed by atoms with van der Waals surface area (Å²) in [6.45, 7) is 2.90. The number of imide groups is 1. The van der Waals surface area contributed by atoms with Crippen molar-refractivity contribution in [3.05, 3.63) is 23.0 Å². The van der Waals surface area contributed by atoms with Crippen molar-refractivity contribution in [1.29, 1.82) is 0 Å². The van der Waals surface area contributed by atoms with Gasteiger partial charge in [-0.15, -0.1) is 0 Å². The van der Waals surface area contributed by atoms with Gasteiger partial charge in [-0.2, -0.15) is 0 Å². The minimum Gasteiger partial charge on any atom is -0.456 e. The zero-order valence-corrected chi connectivity index (χ0v) is 15.4. The number of nitrogens with zero attached hydrogens (tertiary/aromatic N) is 2. The molecule has 26 heavy (non-hydrogen) atoms. The molecule has 0 unspecified atom stereocenters. The highest BCUT2D eigenvalue weighted by molar-refractivity contribution is 6.07. The summed E-state index contributed by atoms with van der Waals surface area (Å²) in [6, 6.07) is 1.75. The Morgan fingerprint density at radius 3 is 2.19 bits per heavy atom. The Balaban J connectivity index is 1.57. The quantitative estimate of drug-likeness (QED) is 0.452. The normalized spacial score (nSPS) is 22.5. The molecule has 2 amide bonds. The molecule has 1 aromatic heterocycles. The standard InChI is InChI=1S/C19H24N2O5/c1-11-8-15(12(2)20(11)3)16(22)10-26-17(23)9-21-18(24)13-6-4-5-7-14(13)19(21)25/h8,13-14H,4-7,9-10H2,1-3H3/t13-,14-/m1/s1. The number of likely N-dealkylation sites (tertiary alicyclic amines) is 1. The molecule has 2 aliphatic rings. The van der Waals surface area contributed by atoms with Crippen LogP contribution in [0, 0.1) is 25.7 Å². The van der Waals surface area contributed by atoms with Crippen molar-refractivity contribution in [2.24, 2.45) is 18.9 Å². The minimum atomic E-state index is -0.732. The van der Waals surface area contributed by atoms with Crippen LogP contribution in [0.25, 0.3) is 0 Å². The molecule has 0 spiro atoms. The highest BCUT2D eigenvalue weighted by Gasteiger charge is 2.48. The number of aryl methyl sites for hydroxylation is 1. The van der Waals surface area contributed by atoms with Gasteiger partial charge in [0.15, 0.2) is 6.61 Å². The molecule has 0 bridgehead atoms. The molecule has 0 aromatic carbocycles. The number of Topliss-reactive ketones (excluding diaryl/α,β-unsaturated/α-hetero) is 1. The van der Waals surface area contributed by atoms with E-state index in [2.05, 4.69) is 0 Å². The number of fused-ring (bicyclic) bond motifs is 1. The molecule has 2 fully saturated rings. The van der Waals surface area contributed by atoms with Crippen molar-refractivity contribution < 1.29 is 23.9 Å². The first-order valence-electron chi connectivity index (χ1n) is 8.98. The second-order valence-electron chi connectivity index (χ2n) is 7.19. The lowest BCUT2D eigenvalue weighted by Crippen LogP contribution is -2.37. The van der Waals surface area contributed by atoms with Gasteiger partial charge in [0.05, 0.1) is 11.8 Å². The van der Waals surface area contributed by atoms with Crippen molar-refractivity contribution in [3.63, 3.8) is 0 Å². The Kier molecular flexibility index (Phi) is 4.98. The fourth-order valence-corrected chi connectivity index (χ4v) is 3.92. The molecule has 2 heterocycles. The SMILES string of the molecule is Cc1cc(C(=O)COC(=O)CN2C(=O)[C@@H]3CCCC[C@H]3C2=O)c(C)n1C. The summed E-state index contributed by atoms with van der Waals surface area (Å²) < 4.78 is 6.92. The van der Waals surface area contributed by atoms with Gasteiger partial charge in [-0.05, 0) is 32.8 Å². The van der Waals surface area contributed by atoms with E-state index in [1.54, 1.807) is 6.07 Å². The Morgan fingerprint density at radius 1 is 1.12 bits per heavy atom. The molecular formula is C19H24N2O5. The Bertz CT molecular complexity index is 755. The molecule has 1 aliphatic heterocycles. The van der Waals surface area contributed by atoms with E-state index in [0.717, 1.165) is 29.1 Å². The monoisotopic (exact) mass is 360 g/mol. The van der Waals surface area contributed by atoms with E-state index in [4.69, 9.17) is 4.74 Å². The third-order valence-electron chi connectivity index (χ3n) is 5.66. The molecule has 1 aromatic rings. The molecular weight excluding hydrogens is 336 g/mol. The first-order chi connectivity index (χ1) is 12.3. The first kappa shape index (κ1) is 18.4. The van der Waals surface area contributed by atoms with E-state index in [0.29, 0.717) is 18.4 Å². The van der Waals surface area contributed by atoms with Crippen LogP contribution in [0.3, 0.4) is 0 Å². The molecule has 1 saturated carbocycles. The predicted molar refractivity (Wildman–Crippen MR) is 92.3 cm³/mol. The molecule has 1 aliphatic carbocycles. The average molecular weight is 360 g/mol. The Hall–Kier alpha value is -2.44. The van der Waals surface area contributed by atoms with Gasteiger partial charge in [0.25, 0.3) is 0 Å². The summed E-state index contributed by atoms with van der Waals surface area (Å²) in [4.78, 5) is 50.1. The number of aromatic nitrogens is 1. The molecule has 7 heteroatoms. The number of ketones is 1. The third-order valence-corrected chi connectivity index (χ3v) is 5.66. The summed E-state index contributed by atoms with van der Waals surface area (Å²) in [7, 11) is 1.86. The van der Waals surface area contributed by atoms with Crippen LogP contribution in [0.4, 0.5) is 0 Å². The van der Waals surface area contributed by atoms with E-state index in [1.807, 2.05) is 25.5 Å². The van der Waals surface area contributed by atoms with Crippen molar-refractivity contribution >= 4 is 23.6 Å². The largest absolute Gasteiger partial charge is 0.456 e. The molecule has 0 radical (unpaired) electrons. The van der Waals surface area contributed by atoms with Crippen LogP contribution in [-0.2, 0) is 26.2 Å². The average Bonchev–Trinajstić information content (AvgIpc) is 3.03. The number of amides is 2. The van der Waals surface area contributed by atoms with Crippen molar-refractivity contribution in [2.45, 2.75) is 39.5 Å². The highest BCUT2D eigenvalue weighted by atomic mass is 16.5. The van der Waals surface area contributed by atoms with E-state index in [-0.39, 0.29) is 29.4 Å². The number of rotatable bonds is 5. The van der Waals surface area contributed by atoms with Crippen LogP contribution in [0.5, 0.6) is 0 Å². The summed E-state index contributed by atoms with van der Waals surface area (Å²) in [5, 5.41) is 0. The van der Waals surface area contributed by atoms with Crippen LogP contribution < -0.4 is 0 Å². The van der Waals surface area contributed by atoms with Crippen LogP contribution >= 0.6 is 0 Å². The second kappa shape index (κ2) is 7.05. The maximum atomic E-state index is 12.4. The first-order valence-corrected chi connectivity index (χ1v) is 8.98. The number of carbonyl (C=O) groups is 4. The van der Waals surface area contributed by atoms with Crippen LogP contribution in [0.2, 0.25) is 0 Å². The van der Waals surface area contributed by atoms with E-state index < -0.39 is 19.1 Å². The lowest BCUT2D eigenvalue weighted by molar-refractivity contribution is -0.152. The fraction of sp³-hybridized carbons (Fsp3) is 0.579. The highest BCUT2D eigenvalue weighted by Crippen LogP contribution is 2.37. The van der Waals surface area contributed by atoms with Crippen LogP contribution in [0.15, 0.2) is 6.07 Å². The van der Waals surface area contributed by atoms with Crippen LogP contribution in [-0.4, -0.2) is 46.2 Å². The van der Waals surface area contributed by atoms with Gasteiger partial charge in [0, 0.05) is 24.0 Å². The Labute approximate surface area is 152 Å². The second-order valence-corrected chi connectivity index (χ2v) is 7.19. The summed E-state index contributed by atoms with van der Waals surface area (Å²) in [5.41, 5.74) is 2.25. The fourth-order valence-electron chi connectivity index (χ4n) is 3.92. The zero-order valence-electron chi connectivity index (χ0n) is 15.4. The van der Waals surface area contributed by atoms with Crippen molar-refractivity contribution in [2.75, 3.05) is 13.2 Å². The molecule has 3 rings (SSSR count). The van der Waals surface area contributed by atoms with Gasteiger partial charge in [-0.25, -0.2) is 0 Å². The number of hydrogen-bond donors (Lipinski definition) is 0.